The zero-order valence-corrected chi connectivity index (χ0v) is 18.7. The van der Waals surface area contributed by atoms with Gasteiger partial charge < -0.3 is 29.3 Å². The van der Waals surface area contributed by atoms with Crippen LogP contribution >= 0.6 is 0 Å². The molecule has 176 valence electrons. The van der Waals surface area contributed by atoms with E-state index in [0.29, 0.717) is 0 Å². The highest BCUT2D eigenvalue weighted by molar-refractivity contribution is 5.88. The van der Waals surface area contributed by atoms with E-state index in [-0.39, 0.29) is 19.3 Å². The summed E-state index contributed by atoms with van der Waals surface area (Å²) in [4.78, 5) is 31.8. The first-order valence-corrected chi connectivity index (χ1v) is 11.3. The molecule has 0 bridgehead atoms. The molecule has 1 saturated heterocycles. The fraction of sp³-hybridized carbons (Fsp3) is 0.308. The van der Waals surface area contributed by atoms with Crippen molar-refractivity contribution in [2.75, 3.05) is 0 Å². The number of benzene rings is 2. The van der Waals surface area contributed by atoms with Crippen molar-refractivity contribution in [3.05, 3.63) is 72.1 Å². The Morgan fingerprint density at radius 2 is 1.44 bits per heavy atom. The van der Waals surface area contributed by atoms with Crippen LogP contribution in [0.2, 0.25) is 0 Å². The Labute approximate surface area is 195 Å². The van der Waals surface area contributed by atoms with Crippen LogP contribution in [0.25, 0.3) is 21.8 Å². The number of nitrogens with one attached hydrogen (secondary N) is 2. The fourth-order valence-electron chi connectivity index (χ4n) is 4.57. The van der Waals surface area contributed by atoms with Crippen molar-refractivity contribution in [3.8, 4) is 0 Å². The Morgan fingerprint density at radius 3 is 2.03 bits per heavy atom. The highest BCUT2D eigenvalue weighted by Gasteiger charge is 2.41. The minimum atomic E-state index is -1.11. The SMILES string of the molecule is C[C@@H]1OC(O)C[C@H](OC(=O)Cc2c[nH]c3ccccc23)[C@H]1OC(=O)Cc1c[nH]c2ccccc12. The van der Waals surface area contributed by atoms with Crippen LogP contribution in [0.4, 0.5) is 0 Å². The molecular formula is C26H26N2O6. The molecule has 1 unspecified atom stereocenters. The van der Waals surface area contributed by atoms with E-state index in [1.165, 1.54) is 0 Å². The largest absolute Gasteiger partial charge is 0.458 e. The maximum atomic E-state index is 12.8. The minimum absolute atomic E-state index is 0.0228. The van der Waals surface area contributed by atoms with E-state index in [0.717, 1.165) is 32.9 Å². The minimum Gasteiger partial charge on any atom is -0.458 e. The maximum Gasteiger partial charge on any atom is 0.310 e. The molecule has 0 spiro atoms. The zero-order chi connectivity index (χ0) is 23.7. The van der Waals surface area contributed by atoms with Gasteiger partial charge >= 0.3 is 11.9 Å². The number of aliphatic hydroxyl groups is 1. The fourth-order valence-corrected chi connectivity index (χ4v) is 4.57. The summed E-state index contributed by atoms with van der Waals surface area (Å²) in [7, 11) is 0. The molecule has 0 saturated carbocycles. The lowest BCUT2D eigenvalue weighted by Crippen LogP contribution is -2.51. The Bertz CT molecular complexity index is 1330. The number of fused-ring (bicyclic) bond motifs is 2. The molecule has 1 aliphatic heterocycles. The molecule has 1 fully saturated rings. The quantitative estimate of drug-likeness (QED) is 0.379. The van der Waals surface area contributed by atoms with Gasteiger partial charge in [0.05, 0.1) is 18.9 Å². The molecule has 5 rings (SSSR count). The standard InChI is InChI=1S/C26H26N2O6/c1-15-26(34-24(30)11-17-14-28-21-9-5-3-7-19(17)21)22(12-25(31)32-15)33-23(29)10-16-13-27-20-8-4-2-6-18(16)20/h2-9,13-15,22,25-28,31H,10-12H2,1H3/t15-,22-,25?,26-/m0/s1. The van der Waals surface area contributed by atoms with E-state index in [9.17, 15) is 14.7 Å². The van der Waals surface area contributed by atoms with Crippen LogP contribution in [-0.4, -0.2) is 51.6 Å². The maximum absolute atomic E-state index is 12.8. The summed E-state index contributed by atoms with van der Waals surface area (Å²) < 4.78 is 16.9. The van der Waals surface area contributed by atoms with Gasteiger partial charge in [-0.2, -0.15) is 0 Å². The third kappa shape index (κ3) is 4.55. The molecule has 8 nitrogen and oxygen atoms in total. The van der Waals surface area contributed by atoms with Gasteiger partial charge in [0, 0.05) is 40.6 Å². The summed E-state index contributed by atoms with van der Waals surface area (Å²) in [6.45, 7) is 1.69. The molecule has 3 heterocycles. The van der Waals surface area contributed by atoms with Crippen molar-refractivity contribution in [2.24, 2.45) is 0 Å². The van der Waals surface area contributed by atoms with Gasteiger partial charge in [-0.05, 0) is 30.2 Å². The van der Waals surface area contributed by atoms with Gasteiger partial charge in [-0.1, -0.05) is 36.4 Å². The normalized spacial score (nSPS) is 22.6. The van der Waals surface area contributed by atoms with Crippen LogP contribution in [0.15, 0.2) is 60.9 Å². The van der Waals surface area contributed by atoms with Gasteiger partial charge in [-0.25, -0.2) is 0 Å². The number of ether oxygens (including phenoxy) is 3. The molecular weight excluding hydrogens is 436 g/mol. The molecule has 2 aromatic heterocycles. The molecule has 4 aromatic rings. The van der Waals surface area contributed by atoms with Gasteiger partial charge in [-0.3, -0.25) is 9.59 Å². The Balaban J connectivity index is 1.27. The number of para-hydroxylation sites is 2. The summed E-state index contributed by atoms with van der Waals surface area (Å²) >= 11 is 0. The van der Waals surface area contributed by atoms with Crippen molar-refractivity contribution < 1.29 is 28.9 Å². The van der Waals surface area contributed by atoms with E-state index in [1.54, 1.807) is 19.3 Å². The number of hydrogen-bond donors (Lipinski definition) is 3. The first kappa shape index (κ1) is 22.2. The monoisotopic (exact) mass is 462 g/mol. The lowest BCUT2D eigenvalue weighted by Gasteiger charge is -2.37. The van der Waals surface area contributed by atoms with Gasteiger partial charge in [-0.15, -0.1) is 0 Å². The highest BCUT2D eigenvalue weighted by Crippen LogP contribution is 2.27. The first-order chi connectivity index (χ1) is 16.5. The number of carbonyl (C=O) groups is 2. The Hall–Kier alpha value is -3.62. The Kier molecular flexibility index (Phi) is 6.08. The first-order valence-electron chi connectivity index (χ1n) is 11.3. The lowest BCUT2D eigenvalue weighted by atomic mass is 10.0. The van der Waals surface area contributed by atoms with Gasteiger partial charge in [0.1, 0.15) is 6.10 Å². The summed E-state index contributed by atoms with van der Waals surface area (Å²) in [5, 5.41) is 12.0. The van der Waals surface area contributed by atoms with Crippen molar-refractivity contribution in [1.29, 1.82) is 0 Å². The number of H-pyrrole nitrogens is 2. The van der Waals surface area contributed by atoms with Crippen LogP contribution in [0, 0.1) is 0 Å². The third-order valence-corrected chi connectivity index (χ3v) is 6.20. The molecule has 1 aliphatic rings. The van der Waals surface area contributed by atoms with Crippen LogP contribution in [0.3, 0.4) is 0 Å². The number of aromatic amines is 2. The number of hydrogen-bond acceptors (Lipinski definition) is 6. The van der Waals surface area contributed by atoms with E-state index in [1.807, 2.05) is 48.5 Å². The second-order valence-corrected chi connectivity index (χ2v) is 8.59. The summed E-state index contributed by atoms with van der Waals surface area (Å²) in [6, 6.07) is 15.4. The van der Waals surface area contributed by atoms with Gasteiger partial charge in [0.2, 0.25) is 0 Å². The number of esters is 2. The molecule has 3 N–H and O–H groups in total. The van der Waals surface area contributed by atoms with E-state index in [4.69, 9.17) is 14.2 Å². The molecule has 0 amide bonds. The molecule has 8 heteroatoms. The third-order valence-electron chi connectivity index (χ3n) is 6.20. The summed E-state index contributed by atoms with van der Waals surface area (Å²) in [5.41, 5.74) is 3.50. The second-order valence-electron chi connectivity index (χ2n) is 8.59. The Morgan fingerprint density at radius 1 is 0.912 bits per heavy atom. The van der Waals surface area contributed by atoms with E-state index < -0.39 is 36.5 Å². The molecule has 2 aromatic carbocycles. The van der Waals surface area contributed by atoms with Crippen LogP contribution in [-0.2, 0) is 36.6 Å². The lowest BCUT2D eigenvalue weighted by molar-refractivity contribution is -0.242. The zero-order valence-electron chi connectivity index (χ0n) is 18.7. The van der Waals surface area contributed by atoms with Crippen molar-refractivity contribution >= 4 is 33.7 Å². The number of carbonyl (C=O) groups excluding carboxylic acids is 2. The van der Waals surface area contributed by atoms with Crippen LogP contribution in [0.1, 0.15) is 24.5 Å². The second kappa shape index (κ2) is 9.32. The number of rotatable bonds is 6. The number of aromatic nitrogens is 2. The number of aliphatic hydroxyl groups excluding tert-OH is 1. The average molecular weight is 463 g/mol. The van der Waals surface area contributed by atoms with Crippen molar-refractivity contribution in [2.45, 2.75) is 50.8 Å². The molecule has 0 aliphatic carbocycles. The van der Waals surface area contributed by atoms with Crippen LogP contribution in [0.5, 0.6) is 0 Å². The molecule has 34 heavy (non-hydrogen) atoms. The van der Waals surface area contributed by atoms with Crippen molar-refractivity contribution in [3.63, 3.8) is 0 Å². The summed E-state index contributed by atoms with van der Waals surface area (Å²) in [5.74, 6) is -0.923. The predicted octanol–water partition coefficient (Wildman–Crippen LogP) is 3.39. The van der Waals surface area contributed by atoms with Crippen LogP contribution < -0.4 is 0 Å². The van der Waals surface area contributed by atoms with E-state index in [2.05, 4.69) is 9.97 Å². The summed E-state index contributed by atoms with van der Waals surface area (Å²) in [6.07, 6.45) is 0.326. The topological polar surface area (TPSA) is 114 Å². The molecule has 4 atom stereocenters. The predicted molar refractivity (Wildman–Crippen MR) is 125 cm³/mol. The van der Waals surface area contributed by atoms with Gasteiger partial charge in [0.15, 0.2) is 12.4 Å². The highest BCUT2D eigenvalue weighted by atomic mass is 16.7. The van der Waals surface area contributed by atoms with E-state index >= 15 is 0 Å². The average Bonchev–Trinajstić information content (AvgIpc) is 3.41. The van der Waals surface area contributed by atoms with Crippen molar-refractivity contribution in [1.82, 2.24) is 9.97 Å². The smallest absolute Gasteiger partial charge is 0.310 e. The van der Waals surface area contributed by atoms with Gasteiger partial charge in [0.25, 0.3) is 0 Å². The molecule has 0 radical (unpaired) electrons.